The van der Waals surface area contributed by atoms with E-state index in [9.17, 15) is 4.79 Å². The highest BCUT2D eigenvalue weighted by Crippen LogP contribution is 2.26. The van der Waals surface area contributed by atoms with E-state index in [4.69, 9.17) is 4.74 Å². The molecule has 4 rings (SSSR count). The topological polar surface area (TPSA) is 47.4 Å². The SMILES string of the molecule is C[C@@H]1C[C@@H](C)CN(C(=O)c2cn(Cc3ccccc3)nc2OCc2ccccc2)C1. The van der Waals surface area contributed by atoms with Crippen molar-refractivity contribution in [2.75, 3.05) is 13.1 Å². The van der Waals surface area contributed by atoms with Gasteiger partial charge in [-0.1, -0.05) is 74.5 Å². The maximum Gasteiger partial charge on any atom is 0.260 e. The summed E-state index contributed by atoms with van der Waals surface area (Å²) in [5, 5.41) is 4.62. The van der Waals surface area contributed by atoms with Crippen molar-refractivity contribution in [1.29, 1.82) is 0 Å². The number of likely N-dealkylation sites (tertiary alicyclic amines) is 1. The summed E-state index contributed by atoms with van der Waals surface area (Å²) in [4.78, 5) is 15.3. The lowest BCUT2D eigenvalue weighted by molar-refractivity contribution is 0.0618. The minimum atomic E-state index is 0.00998. The zero-order valence-corrected chi connectivity index (χ0v) is 17.7. The van der Waals surface area contributed by atoms with Gasteiger partial charge in [-0.15, -0.1) is 5.10 Å². The smallest absolute Gasteiger partial charge is 0.260 e. The molecule has 0 N–H and O–H groups in total. The van der Waals surface area contributed by atoms with Crippen molar-refractivity contribution in [1.82, 2.24) is 14.7 Å². The molecule has 5 heteroatoms. The number of nitrogens with zero attached hydrogens (tertiary/aromatic N) is 3. The standard InChI is InChI=1S/C25H29N3O2/c1-19-13-20(2)15-27(14-19)25(29)23-17-28(16-21-9-5-3-6-10-21)26-24(23)30-18-22-11-7-4-8-12-22/h3-12,17,19-20H,13-16,18H2,1-2H3/t19-,20-/m1/s1. The van der Waals surface area contributed by atoms with Gasteiger partial charge >= 0.3 is 0 Å². The molecule has 1 amide bonds. The number of rotatable bonds is 6. The third kappa shape index (κ3) is 4.90. The summed E-state index contributed by atoms with van der Waals surface area (Å²) in [6.45, 7) is 6.97. The van der Waals surface area contributed by atoms with Gasteiger partial charge in [-0.2, -0.15) is 0 Å². The van der Waals surface area contributed by atoms with E-state index in [1.54, 1.807) is 4.68 Å². The molecule has 1 saturated heterocycles. The molecular formula is C25H29N3O2. The summed E-state index contributed by atoms with van der Waals surface area (Å²) in [6, 6.07) is 20.1. The van der Waals surface area contributed by atoms with Crippen LogP contribution in [0.4, 0.5) is 0 Å². The lowest BCUT2D eigenvalue weighted by atomic mass is 9.91. The predicted octanol–water partition coefficient (Wildman–Crippen LogP) is 4.63. The normalized spacial score (nSPS) is 18.9. The largest absolute Gasteiger partial charge is 0.471 e. The Kier molecular flexibility index (Phi) is 6.17. The molecule has 3 aromatic rings. The minimum absolute atomic E-state index is 0.00998. The van der Waals surface area contributed by atoms with Gasteiger partial charge in [0.05, 0.1) is 6.54 Å². The summed E-state index contributed by atoms with van der Waals surface area (Å²) in [7, 11) is 0. The van der Waals surface area contributed by atoms with Crippen LogP contribution >= 0.6 is 0 Å². The lowest BCUT2D eigenvalue weighted by Crippen LogP contribution is -2.42. The molecule has 5 nitrogen and oxygen atoms in total. The van der Waals surface area contributed by atoms with Gasteiger partial charge < -0.3 is 9.64 Å². The number of amides is 1. The fourth-order valence-electron chi connectivity index (χ4n) is 4.23. The van der Waals surface area contributed by atoms with Crippen molar-refractivity contribution < 1.29 is 9.53 Å². The van der Waals surface area contributed by atoms with Crippen LogP contribution in [0, 0.1) is 11.8 Å². The van der Waals surface area contributed by atoms with Crippen LogP contribution in [0.5, 0.6) is 5.88 Å². The van der Waals surface area contributed by atoms with Gasteiger partial charge in [0.15, 0.2) is 0 Å². The first-order chi connectivity index (χ1) is 14.6. The number of hydrogen-bond donors (Lipinski definition) is 0. The van der Waals surface area contributed by atoms with Gasteiger partial charge in [0.25, 0.3) is 5.91 Å². The molecule has 0 saturated carbocycles. The van der Waals surface area contributed by atoms with Crippen LogP contribution in [0.15, 0.2) is 66.9 Å². The van der Waals surface area contributed by atoms with Crippen LogP contribution in [0.1, 0.15) is 41.8 Å². The molecular weight excluding hydrogens is 374 g/mol. The Bertz CT molecular complexity index is 959. The highest BCUT2D eigenvalue weighted by Gasteiger charge is 2.29. The molecule has 0 radical (unpaired) electrons. The Morgan fingerprint density at radius 2 is 1.57 bits per heavy atom. The summed E-state index contributed by atoms with van der Waals surface area (Å²) in [5.41, 5.74) is 2.73. The number of hydrogen-bond acceptors (Lipinski definition) is 3. The Balaban J connectivity index is 1.58. The second-order valence-electron chi connectivity index (χ2n) is 8.46. The number of carbonyl (C=O) groups excluding carboxylic acids is 1. The third-order valence-electron chi connectivity index (χ3n) is 5.52. The number of benzene rings is 2. The van der Waals surface area contributed by atoms with E-state index in [1.165, 1.54) is 0 Å². The molecule has 1 aliphatic heterocycles. The quantitative estimate of drug-likeness (QED) is 0.603. The van der Waals surface area contributed by atoms with Crippen LogP contribution in [0.25, 0.3) is 0 Å². The number of piperidine rings is 1. The first-order valence-corrected chi connectivity index (χ1v) is 10.7. The Morgan fingerprint density at radius 3 is 2.20 bits per heavy atom. The van der Waals surface area contributed by atoms with E-state index >= 15 is 0 Å². The molecule has 30 heavy (non-hydrogen) atoms. The monoisotopic (exact) mass is 403 g/mol. The summed E-state index contributed by atoms with van der Waals surface area (Å²) in [5.74, 6) is 1.43. The fourth-order valence-corrected chi connectivity index (χ4v) is 4.23. The van der Waals surface area contributed by atoms with E-state index < -0.39 is 0 Å². The van der Waals surface area contributed by atoms with Gasteiger partial charge in [0, 0.05) is 19.3 Å². The first kappa shape index (κ1) is 20.2. The van der Waals surface area contributed by atoms with Gasteiger partial charge in [0.1, 0.15) is 12.2 Å². The van der Waals surface area contributed by atoms with Gasteiger partial charge in [-0.3, -0.25) is 9.48 Å². The van der Waals surface area contributed by atoms with Crippen LogP contribution < -0.4 is 4.74 Å². The van der Waals surface area contributed by atoms with Crippen LogP contribution in [0.2, 0.25) is 0 Å². The van der Waals surface area contributed by atoms with Crippen LogP contribution in [0.3, 0.4) is 0 Å². The van der Waals surface area contributed by atoms with E-state index in [0.717, 1.165) is 30.6 Å². The van der Waals surface area contributed by atoms with Gasteiger partial charge in [-0.25, -0.2) is 0 Å². The maximum atomic E-state index is 13.4. The number of ether oxygens (including phenoxy) is 1. The van der Waals surface area contributed by atoms with Crippen molar-refractivity contribution in [3.05, 3.63) is 83.6 Å². The van der Waals surface area contributed by atoms with Crippen molar-refractivity contribution >= 4 is 5.91 Å². The molecule has 2 atom stereocenters. The fraction of sp³-hybridized carbons (Fsp3) is 0.360. The van der Waals surface area contributed by atoms with Gasteiger partial charge in [0.2, 0.25) is 5.88 Å². The number of aromatic nitrogens is 2. The second-order valence-corrected chi connectivity index (χ2v) is 8.46. The maximum absolute atomic E-state index is 13.4. The van der Waals surface area contributed by atoms with Crippen molar-refractivity contribution in [2.24, 2.45) is 11.8 Å². The Hall–Kier alpha value is -3.08. The van der Waals surface area contributed by atoms with Crippen molar-refractivity contribution in [3.8, 4) is 5.88 Å². The third-order valence-corrected chi connectivity index (χ3v) is 5.52. The number of carbonyl (C=O) groups is 1. The van der Waals surface area contributed by atoms with E-state index in [1.807, 2.05) is 59.6 Å². The summed E-state index contributed by atoms with van der Waals surface area (Å²) in [6.07, 6.45) is 2.99. The molecule has 2 aromatic carbocycles. The van der Waals surface area contributed by atoms with E-state index in [-0.39, 0.29) is 5.91 Å². The second kappa shape index (κ2) is 9.16. The van der Waals surface area contributed by atoms with Crippen LogP contribution in [-0.2, 0) is 13.2 Å². The lowest BCUT2D eigenvalue weighted by Gasteiger charge is -2.34. The molecule has 0 bridgehead atoms. The predicted molar refractivity (Wildman–Crippen MR) is 117 cm³/mol. The molecule has 0 spiro atoms. The zero-order valence-electron chi connectivity index (χ0n) is 17.7. The zero-order chi connectivity index (χ0) is 20.9. The van der Waals surface area contributed by atoms with Crippen molar-refractivity contribution in [3.63, 3.8) is 0 Å². The Labute approximate surface area is 178 Å². The highest BCUT2D eigenvalue weighted by atomic mass is 16.5. The molecule has 1 fully saturated rings. The average molecular weight is 404 g/mol. The van der Waals surface area contributed by atoms with Gasteiger partial charge in [-0.05, 0) is 29.4 Å². The van der Waals surface area contributed by atoms with E-state index in [0.29, 0.717) is 36.4 Å². The summed E-state index contributed by atoms with van der Waals surface area (Å²) >= 11 is 0. The molecule has 0 unspecified atom stereocenters. The summed E-state index contributed by atoms with van der Waals surface area (Å²) < 4.78 is 7.83. The van der Waals surface area contributed by atoms with E-state index in [2.05, 4.69) is 31.1 Å². The molecule has 0 aliphatic carbocycles. The average Bonchev–Trinajstić information content (AvgIpc) is 3.15. The minimum Gasteiger partial charge on any atom is -0.471 e. The van der Waals surface area contributed by atoms with Crippen molar-refractivity contribution in [2.45, 2.75) is 33.4 Å². The molecule has 1 aliphatic rings. The first-order valence-electron chi connectivity index (χ1n) is 10.7. The highest BCUT2D eigenvalue weighted by molar-refractivity contribution is 5.96. The molecule has 156 valence electrons. The molecule has 1 aromatic heterocycles. The molecule has 2 heterocycles. The van der Waals surface area contributed by atoms with Crippen LogP contribution in [-0.4, -0.2) is 33.7 Å². The Morgan fingerprint density at radius 1 is 0.967 bits per heavy atom.